The highest BCUT2D eigenvalue weighted by Gasteiger charge is 2.20. The van der Waals surface area contributed by atoms with Crippen LogP contribution in [0.4, 0.5) is 5.69 Å². The van der Waals surface area contributed by atoms with Crippen molar-refractivity contribution in [2.24, 2.45) is 0 Å². The topological polar surface area (TPSA) is 49.4 Å². The van der Waals surface area contributed by atoms with E-state index in [2.05, 4.69) is 40.5 Å². The van der Waals surface area contributed by atoms with Crippen molar-refractivity contribution in [2.75, 3.05) is 30.8 Å². The Labute approximate surface area is 157 Å². The van der Waals surface area contributed by atoms with Gasteiger partial charge in [0.15, 0.2) is 9.84 Å². The van der Waals surface area contributed by atoms with E-state index in [9.17, 15) is 8.42 Å². The van der Waals surface area contributed by atoms with E-state index in [1.165, 1.54) is 18.2 Å². The average Bonchev–Trinajstić information content (AvgIpc) is 2.66. The molecule has 140 valence electrons. The highest BCUT2D eigenvalue weighted by atomic mass is 32.2. The summed E-state index contributed by atoms with van der Waals surface area (Å²) in [6.45, 7) is 3.03. The summed E-state index contributed by atoms with van der Waals surface area (Å²) in [6, 6.07) is 18.4. The zero-order valence-corrected chi connectivity index (χ0v) is 16.2. The molecule has 0 spiro atoms. The molecule has 1 unspecified atom stereocenters. The molecule has 0 radical (unpaired) electrons. The van der Waals surface area contributed by atoms with Crippen molar-refractivity contribution in [3.63, 3.8) is 0 Å². The van der Waals surface area contributed by atoms with Gasteiger partial charge in [-0.15, -0.1) is 0 Å². The first-order valence-electron chi connectivity index (χ1n) is 9.35. The summed E-state index contributed by atoms with van der Waals surface area (Å²) >= 11 is 0. The monoisotopic (exact) mass is 372 g/mol. The second-order valence-corrected chi connectivity index (χ2v) is 9.11. The molecule has 2 aromatic rings. The summed E-state index contributed by atoms with van der Waals surface area (Å²) in [5.41, 5.74) is 2.50. The van der Waals surface area contributed by atoms with Gasteiger partial charge < -0.3 is 10.2 Å². The van der Waals surface area contributed by atoms with Gasteiger partial charge in [0.05, 0.1) is 4.90 Å². The number of hydrogen-bond donors (Lipinski definition) is 1. The van der Waals surface area contributed by atoms with Gasteiger partial charge in [0, 0.05) is 31.1 Å². The van der Waals surface area contributed by atoms with Gasteiger partial charge in [-0.05, 0) is 62.1 Å². The minimum absolute atomic E-state index is 0.383. The third kappa shape index (κ3) is 5.32. The molecule has 3 rings (SSSR count). The first-order chi connectivity index (χ1) is 12.5. The van der Waals surface area contributed by atoms with Crippen LogP contribution in [0.2, 0.25) is 0 Å². The van der Waals surface area contributed by atoms with Crippen LogP contribution in [0.5, 0.6) is 0 Å². The van der Waals surface area contributed by atoms with Crippen molar-refractivity contribution in [1.29, 1.82) is 0 Å². The molecule has 0 aromatic heterocycles. The van der Waals surface area contributed by atoms with E-state index in [0.29, 0.717) is 10.9 Å². The van der Waals surface area contributed by atoms with Crippen LogP contribution in [0.1, 0.15) is 24.8 Å². The summed E-state index contributed by atoms with van der Waals surface area (Å²) in [7, 11) is -3.13. The molecule has 0 saturated carbocycles. The Hall–Kier alpha value is -1.85. The molecule has 1 aliphatic heterocycles. The largest absolute Gasteiger partial charge is 0.370 e. The van der Waals surface area contributed by atoms with Crippen LogP contribution < -0.4 is 10.2 Å². The molecular formula is C21H28N2O2S. The summed E-state index contributed by atoms with van der Waals surface area (Å²) < 4.78 is 23.2. The second-order valence-electron chi connectivity index (χ2n) is 7.09. The average molecular weight is 373 g/mol. The Balaban J connectivity index is 1.48. The predicted octanol–water partition coefficient (Wildman–Crippen LogP) is 3.28. The van der Waals surface area contributed by atoms with Crippen LogP contribution in [0.25, 0.3) is 0 Å². The van der Waals surface area contributed by atoms with E-state index in [1.807, 2.05) is 12.1 Å². The Morgan fingerprint density at radius 2 is 1.81 bits per heavy atom. The van der Waals surface area contributed by atoms with Gasteiger partial charge in [-0.3, -0.25) is 0 Å². The number of hydrogen-bond acceptors (Lipinski definition) is 4. The molecule has 26 heavy (non-hydrogen) atoms. The molecule has 4 nitrogen and oxygen atoms in total. The highest BCUT2D eigenvalue weighted by molar-refractivity contribution is 7.90. The lowest BCUT2D eigenvalue weighted by Gasteiger charge is -2.35. The Kier molecular flexibility index (Phi) is 6.33. The Bertz CT molecular complexity index is 789. The van der Waals surface area contributed by atoms with E-state index < -0.39 is 9.84 Å². The quantitative estimate of drug-likeness (QED) is 0.758. The number of rotatable bonds is 7. The van der Waals surface area contributed by atoms with E-state index in [4.69, 9.17) is 0 Å². The standard InChI is InChI=1S/C21H28N2O2S/c1-26(24,25)21-13-11-20(12-14-21)23-16-6-10-19(17-23)22-15-5-9-18-7-3-2-4-8-18/h2-4,7-8,11-14,19,22H,5-6,9-10,15-17H2,1H3. The number of nitrogens with one attached hydrogen (secondary N) is 1. The predicted molar refractivity (Wildman–Crippen MR) is 108 cm³/mol. The number of nitrogens with zero attached hydrogens (tertiary/aromatic N) is 1. The third-order valence-electron chi connectivity index (χ3n) is 4.97. The van der Waals surface area contributed by atoms with E-state index in [0.717, 1.165) is 44.6 Å². The zero-order valence-electron chi connectivity index (χ0n) is 15.4. The molecular weight excluding hydrogens is 344 g/mol. The summed E-state index contributed by atoms with van der Waals surface area (Å²) in [4.78, 5) is 2.73. The maximum absolute atomic E-state index is 11.6. The van der Waals surface area contributed by atoms with Gasteiger partial charge in [0.2, 0.25) is 0 Å². The molecule has 1 aliphatic rings. The second kappa shape index (κ2) is 8.69. The van der Waals surface area contributed by atoms with Crippen molar-refractivity contribution >= 4 is 15.5 Å². The molecule has 5 heteroatoms. The maximum atomic E-state index is 11.6. The van der Waals surface area contributed by atoms with Gasteiger partial charge in [-0.25, -0.2) is 8.42 Å². The molecule has 1 saturated heterocycles. The lowest BCUT2D eigenvalue weighted by Crippen LogP contribution is -2.46. The molecule has 1 atom stereocenters. The summed E-state index contributed by atoms with van der Waals surface area (Å²) in [5.74, 6) is 0. The fraction of sp³-hybridized carbons (Fsp3) is 0.429. The van der Waals surface area contributed by atoms with Gasteiger partial charge in [0.1, 0.15) is 0 Å². The number of anilines is 1. The van der Waals surface area contributed by atoms with Crippen molar-refractivity contribution in [2.45, 2.75) is 36.6 Å². The van der Waals surface area contributed by atoms with E-state index in [1.54, 1.807) is 12.1 Å². The lowest BCUT2D eigenvalue weighted by atomic mass is 10.0. The summed E-state index contributed by atoms with van der Waals surface area (Å²) in [6.07, 6.45) is 5.85. The molecule has 0 bridgehead atoms. The van der Waals surface area contributed by atoms with Crippen LogP contribution in [0.3, 0.4) is 0 Å². The third-order valence-corrected chi connectivity index (χ3v) is 6.10. The molecule has 1 fully saturated rings. The Morgan fingerprint density at radius 1 is 1.08 bits per heavy atom. The van der Waals surface area contributed by atoms with Crippen LogP contribution in [-0.4, -0.2) is 40.3 Å². The summed E-state index contributed by atoms with van der Waals surface area (Å²) in [5, 5.41) is 3.69. The maximum Gasteiger partial charge on any atom is 0.175 e. The first kappa shape index (κ1) is 18.9. The minimum atomic E-state index is -3.13. The molecule has 0 aliphatic carbocycles. The Morgan fingerprint density at radius 3 is 2.50 bits per heavy atom. The molecule has 0 amide bonds. The highest BCUT2D eigenvalue weighted by Crippen LogP contribution is 2.22. The van der Waals surface area contributed by atoms with Gasteiger partial charge in [-0.2, -0.15) is 0 Å². The molecule has 1 heterocycles. The number of piperidine rings is 1. The normalized spacial score (nSPS) is 18.0. The first-order valence-corrected chi connectivity index (χ1v) is 11.2. The van der Waals surface area contributed by atoms with Crippen LogP contribution >= 0.6 is 0 Å². The smallest absolute Gasteiger partial charge is 0.175 e. The van der Waals surface area contributed by atoms with Gasteiger partial charge >= 0.3 is 0 Å². The molecule has 2 aromatic carbocycles. The number of aryl methyl sites for hydroxylation is 1. The zero-order chi connectivity index (χ0) is 18.4. The fourth-order valence-electron chi connectivity index (χ4n) is 3.53. The van der Waals surface area contributed by atoms with Crippen molar-refractivity contribution < 1.29 is 8.42 Å². The minimum Gasteiger partial charge on any atom is -0.370 e. The van der Waals surface area contributed by atoms with E-state index in [-0.39, 0.29) is 0 Å². The van der Waals surface area contributed by atoms with Crippen molar-refractivity contribution in [1.82, 2.24) is 5.32 Å². The number of benzene rings is 2. The van der Waals surface area contributed by atoms with Gasteiger partial charge in [-0.1, -0.05) is 30.3 Å². The van der Waals surface area contributed by atoms with Crippen LogP contribution in [0.15, 0.2) is 59.5 Å². The van der Waals surface area contributed by atoms with E-state index >= 15 is 0 Å². The van der Waals surface area contributed by atoms with Crippen LogP contribution in [0, 0.1) is 0 Å². The van der Waals surface area contributed by atoms with Gasteiger partial charge in [0.25, 0.3) is 0 Å². The van der Waals surface area contributed by atoms with Crippen molar-refractivity contribution in [3.05, 3.63) is 60.2 Å². The molecule has 1 N–H and O–H groups in total. The lowest BCUT2D eigenvalue weighted by molar-refractivity contribution is 0.420. The SMILES string of the molecule is CS(=O)(=O)c1ccc(N2CCCC(NCCCc3ccccc3)C2)cc1. The fourth-order valence-corrected chi connectivity index (χ4v) is 4.16. The van der Waals surface area contributed by atoms with Crippen LogP contribution in [-0.2, 0) is 16.3 Å². The van der Waals surface area contributed by atoms with Crippen molar-refractivity contribution in [3.8, 4) is 0 Å². The number of sulfone groups is 1.